The summed E-state index contributed by atoms with van der Waals surface area (Å²) in [4.78, 5) is 4.69. The van der Waals surface area contributed by atoms with E-state index >= 15 is 0 Å². The van der Waals surface area contributed by atoms with Gasteiger partial charge in [0.2, 0.25) is 6.79 Å². The number of hydrogen-bond donors (Lipinski definition) is 0. The van der Waals surface area contributed by atoms with Crippen molar-refractivity contribution < 1.29 is 17.9 Å². The summed E-state index contributed by atoms with van der Waals surface area (Å²) in [6.45, 7) is 0.694. The molecule has 0 radical (unpaired) electrons. The molecule has 0 bridgehead atoms. The predicted molar refractivity (Wildman–Crippen MR) is 111 cm³/mol. The van der Waals surface area contributed by atoms with Crippen LogP contribution in [-0.2, 0) is 16.4 Å². The second-order valence-electron chi connectivity index (χ2n) is 6.82. The molecule has 0 atom stereocenters. The number of rotatable bonds is 4. The van der Waals surface area contributed by atoms with Crippen molar-refractivity contribution in [2.75, 3.05) is 17.6 Å². The number of fused-ring (bicyclic) bond motifs is 2. The Kier molecular flexibility index (Phi) is 4.24. The summed E-state index contributed by atoms with van der Waals surface area (Å²) in [6.07, 6.45) is 2.44. The van der Waals surface area contributed by atoms with E-state index in [9.17, 15) is 8.42 Å². The number of hydrogen-bond acceptors (Lipinski definition) is 5. The molecule has 0 unspecified atom stereocenters. The lowest BCUT2D eigenvalue weighted by molar-refractivity contribution is 0.174. The Balaban J connectivity index is 1.36. The third-order valence-electron chi connectivity index (χ3n) is 5.03. The van der Waals surface area contributed by atoms with Crippen molar-refractivity contribution in [1.29, 1.82) is 0 Å². The van der Waals surface area contributed by atoms with E-state index in [4.69, 9.17) is 9.47 Å². The van der Waals surface area contributed by atoms with Crippen molar-refractivity contribution in [3.63, 3.8) is 0 Å². The molecule has 2 heterocycles. The van der Waals surface area contributed by atoms with E-state index in [1.54, 1.807) is 30.5 Å². The number of ether oxygens (including phenoxy) is 2. The molecule has 6 nitrogen and oxygen atoms in total. The van der Waals surface area contributed by atoms with Gasteiger partial charge in [-0.05, 0) is 66.1 Å². The standard InChI is InChI=1S/C22H18N2O4S/c25-29(26,24-12-11-17-3-1-2-4-20(17)24)19-8-6-18(7-9-19)23-14-16-5-10-21-22(13-16)28-15-27-21/h1-10,13-14H,11-12,15H2. The second-order valence-corrected chi connectivity index (χ2v) is 8.68. The van der Waals surface area contributed by atoms with Gasteiger partial charge in [-0.15, -0.1) is 0 Å². The van der Waals surface area contributed by atoms with Gasteiger partial charge in [0, 0.05) is 12.8 Å². The summed E-state index contributed by atoms with van der Waals surface area (Å²) in [5.41, 5.74) is 3.36. The van der Waals surface area contributed by atoms with Crippen molar-refractivity contribution in [3.8, 4) is 11.5 Å². The monoisotopic (exact) mass is 406 g/mol. The highest BCUT2D eigenvalue weighted by atomic mass is 32.2. The lowest BCUT2D eigenvalue weighted by Gasteiger charge is -2.19. The van der Waals surface area contributed by atoms with Crippen LogP contribution in [0.5, 0.6) is 11.5 Å². The van der Waals surface area contributed by atoms with E-state index in [0.717, 1.165) is 29.0 Å². The van der Waals surface area contributed by atoms with Crippen LogP contribution in [0.25, 0.3) is 0 Å². The SMILES string of the molecule is O=S(=O)(c1ccc(N=Cc2ccc3c(c2)OCO3)cc1)N1CCc2ccccc21. The maximum atomic E-state index is 13.1. The molecule has 3 aromatic rings. The highest BCUT2D eigenvalue weighted by Gasteiger charge is 2.30. The average molecular weight is 406 g/mol. The van der Waals surface area contributed by atoms with Crippen molar-refractivity contribution in [2.24, 2.45) is 4.99 Å². The summed E-state index contributed by atoms with van der Waals surface area (Å²) < 4.78 is 38.3. The van der Waals surface area contributed by atoms with Crippen LogP contribution < -0.4 is 13.8 Å². The maximum absolute atomic E-state index is 13.1. The van der Waals surface area contributed by atoms with E-state index in [0.29, 0.717) is 18.0 Å². The normalized spacial score (nSPS) is 15.1. The lowest BCUT2D eigenvalue weighted by atomic mass is 10.2. The van der Waals surface area contributed by atoms with Gasteiger partial charge >= 0.3 is 0 Å². The molecule has 29 heavy (non-hydrogen) atoms. The first-order valence-corrected chi connectivity index (χ1v) is 10.7. The van der Waals surface area contributed by atoms with E-state index in [-0.39, 0.29) is 11.7 Å². The summed E-state index contributed by atoms with van der Waals surface area (Å²) >= 11 is 0. The fraction of sp³-hybridized carbons (Fsp3) is 0.136. The zero-order valence-electron chi connectivity index (χ0n) is 15.5. The predicted octanol–water partition coefficient (Wildman–Crippen LogP) is 3.92. The van der Waals surface area contributed by atoms with E-state index in [1.807, 2.05) is 42.5 Å². The smallest absolute Gasteiger partial charge is 0.264 e. The number of benzene rings is 3. The first-order valence-electron chi connectivity index (χ1n) is 9.26. The molecule has 0 aromatic heterocycles. The first-order chi connectivity index (χ1) is 14.1. The third-order valence-corrected chi connectivity index (χ3v) is 6.86. The molecule has 146 valence electrons. The molecule has 2 aliphatic heterocycles. The molecule has 0 amide bonds. The van der Waals surface area contributed by atoms with Crippen LogP contribution >= 0.6 is 0 Å². The van der Waals surface area contributed by atoms with Crippen molar-refractivity contribution in [2.45, 2.75) is 11.3 Å². The maximum Gasteiger partial charge on any atom is 0.264 e. The molecule has 7 heteroatoms. The van der Waals surface area contributed by atoms with Crippen molar-refractivity contribution >= 4 is 27.6 Å². The number of sulfonamides is 1. The molecule has 3 aromatic carbocycles. The largest absolute Gasteiger partial charge is 0.454 e. The van der Waals surface area contributed by atoms with Crippen LogP contribution in [0.2, 0.25) is 0 Å². The van der Waals surface area contributed by atoms with Gasteiger partial charge in [-0.1, -0.05) is 18.2 Å². The third kappa shape index (κ3) is 3.23. The second kappa shape index (κ2) is 6.93. The van der Waals surface area contributed by atoms with E-state index < -0.39 is 10.0 Å². The molecule has 0 saturated carbocycles. The zero-order chi connectivity index (χ0) is 19.8. The topological polar surface area (TPSA) is 68.2 Å². The summed E-state index contributed by atoms with van der Waals surface area (Å²) in [5.74, 6) is 1.42. The van der Waals surface area contributed by atoms with Crippen LogP contribution in [0, 0.1) is 0 Å². The fourth-order valence-corrected chi connectivity index (χ4v) is 5.03. The summed E-state index contributed by atoms with van der Waals surface area (Å²) in [6, 6.07) is 19.8. The minimum Gasteiger partial charge on any atom is -0.454 e. The van der Waals surface area contributed by atoms with Gasteiger partial charge < -0.3 is 9.47 Å². The Morgan fingerprint density at radius 1 is 0.931 bits per heavy atom. The van der Waals surface area contributed by atoms with Gasteiger partial charge in [0.1, 0.15) is 0 Å². The summed E-state index contributed by atoms with van der Waals surface area (Å²) in [7, 11) is -3.59. The Hall–Kier alpha value is -3.32. The Morgan fingerprint density at radius 3 is 2.59 bits per heavy atom. The van der Waals surface area contributed by atoms with Crippen LogP contribution in [0.1, 0.15) is 11.1 Å². The lowest BCUT2D eigenvalue weighted by Crippen LogP contribution is -2.29. The van der Waals surface area contributed by atoms with E-state index in [1.165, 1.54) is 4.31 Å². The van der Waals surface area contributed by atoms with Crippen LogP contribution in [0.3, 0.4) is 0 Å². The molecule has 0 aliphatic carbocycles. The van der Waals surface area contributed by atoms with Gasteiger partial charge in [0.25, 0.3) is 10.0 Å². The minimum absolute atomic E-state index is 0.230. The highest BCUT2D eigenvalue weighted by Crippen LogP contribution is 2.34. The molecule has 5 rings (SSSR count). The van der Waals surface area contributed by atoms with Crippen LogP contribution in [-0.4, -0.2) is 28.0 Å². The zero-order valence-corrected chi connectivity index (χ0v) is 16.3. The molecule has 2 aliphatic rings. The van der Waals surface area contributed by atoms with Gasteiger partial charge in [-0.2, -0.15) is 0 Å². The number of anilines is 1. The Bertz CT molecular complexity index is 1200. The number of aliphatic imine (C=N–C) groups is 1. The molecular formula is C22H18N2O4S. The van der Waals surface area contributed by atoms with Crippen LogP contribution in [0.15, 0.2) is 76.6 Å². The van der Waals surface area contributed by atoms with Crippen LogP contribution in [0.4, 0.5) is 11.4 Å². The van der Waals surface area contributed by atoms with Gasteiger partial charge in [0.05, 0.1) is 16.3 Å². The first kappa shape index (κ1) is 17.8. The Labute approximate surface area is 169 Å². The molecular weight excluding hydrogens is 388 g/mol. The van der Waals surface area contributed by atoms with Crippen molar-refractivity contribution in [3.05, 3.63) is 77.9 Å². The fourth-order valence-electron chi connectivity index (χ4n) is 3.53. The van der Waals surface area contributed by atoms with Gasteiger partial charge in [-0.25, -0.2) is 8.42 Å². The van der Waals surface area contributed by atoms with Gasteiger partial charge in [0.15, 0.2) is 11.5 Å². The minimum atomic E-state index is -3.59. The van der Waals surface area contributed by atoms with E-state index in [2.05, 4.69) is 4.99 Å². The molecule has 0 fully saturated rings. The molecule has 0 spiro atoms. The summed E-state index contributed by atoms with van der Waals surface area (Å²) in [5, 5.41) is 0. The van der Waals surface area contributed by atoms with Gasteiger partial charge in [-0.3, -0.25) is 9.30 Å². The molecule has 0 saturated heterocycles. The quantitative estimate of drug-likeness (QED) is 0.616. The molecule has 0 N–H and O–H groups in total. The highest BCUT2D eigenvalue weighted by molar-refractivity contribution is 7.92. The number of nitrogens with zero attached hydrogens (tertiary/aromatic N) is 2. The number of para-hydroxylation sites is 1. The Morgan fingerprint density at radius 2 is 1.72 bits per heavy atom. The average Bonchev–Trinajstić information content (AvgIpc) is 3.39. The van der Waals surface area contributed by atoms with Crippen molar-refractivity contribution in [1.82, 2.24) is 0 Å².